The van der Waals surface area contributed by atoms with Crippen LogP contribution in [0.25, 0.3) is 0 Å². The summed E-state index contributed by atoms with van der Waals surface area (Å²) in [5.74, 6) is 0.879. The van der Waals surface area contributed by atoms with E-state index in [4.69, 9.17) is 4.74 Å². The summed E-state index contributed by atoms with van der Waals surface area (Å²) < 4.78 is 5.25. The molecular weight excluding hydrogens is 232 g/mol. The van der Waals surface area contributed by atoms with Gasteiger partial charge in [-0.15, -0.1) is 11.3 Å². The lowest BCUT2D eigenvalue weighted by Crippen LogP contribution is -2.16. The number of aromatic nitrogens is 1. The fraction of sp³-hybridized carbons (Fsp3) is 0.308. The summed E-state index contributed by atoms with van der Waals surface area (Å²) in [5, 5.41) is 4.40. The maximum absolute atomic E-state index is 5.25. The molecule has 1 heterocycles. The van der Waals surface area contributed by atoms with Gasteiger partial charge in [-0.2, -0.15) is 0 Å². The van der Waals surface area contributed by atoms with Crippen molar-refractivity contribution in [1.29, 1.82) is 0 Å². The molecule has 0 saturated carbocycles. The summed E-state index contributed by atoms with van der Waals surface area (Å²) in [7, 11) is 3.64. The van der Waals surface area contributed by atoms with E-state index in [0.29, 0.717) is 0 Å². The van der Waals surface area contributed by atoms with E-state index in [0.717, 1.165) is 10.8 Å². The molecule has 0 spiro atoms. The number of thiazole rings is 1. The van der Waals surface area contributed by atoms with Crippen LogP contribution in [-0.2, 0) is 0 Å². The number of hydrogen-bond acceptors (Lipinski definition) is 4. The van der Waals surface area contributed by atoms with E-state index in [2.05, 4.69) is 22.4 Å². The number of rotatable bonds is 4. The Kier molecular flexibility index (Phi) is 3.76. The van der Waals surface area contributed by atoms with Crippen LogP contribution in [0.5, 0.6) is 5.75 Å². The normalized spacial score (nSPS) is 12.4. The molecule has 1 atom stereocenters. The second kappa shape index (κ2) is 5.29. The molecule has 0 fully saturated rings. The topological polar surface area (TPSA) is 34.1 Å². The van der Waals surface area contributed by atoms with Gasteiger partial charge in [0.05, 0.1) is 18.2 Å². The zero-order chi connectivity index (χ0) is 12.3. The average molecular weight is 248 g/mol. The standard InChI is InChI=1S/C13H16N2OS/c1-9-15-8-12(17-9)13(14-2)10-5-4-6-11(7-10)16-3/h4-8,13-14H,1-3H3. The van der Waals surface area contributed by atoms with Crippen molar-refractivity contribution in [3.63, 3.8) is 0 Å². The number of aryl methyl sites for hydroxylation is 1. The number of hydrogen-bond donors (Lipinski definition) is 1. The van der Waals surface area contributed by atoms with Crippen LogP contribution < -0.4 is 10.1 Å². The van der Waals surface area contributed by atoms with Crippen LogP contribution in [0.15, 0.2) is 30.5 Å². The van der Waals surface area contributed by atoms with Crippen molar-refractivity contribution in [2.75, 3.05) is 14.2 Å². The quantitative estimate of drug-likeness (QED) is 0.903. The van der Waals surface area contributed by atoms with Crippen molar-refractivity contribution in [3.8, 4) is 5.75 Å². The first kappa shape index (κ1) is 12.1. The molecule has 1 aromatic heterocycles. The molecule has 1 aromatic carbocycles. The predicted octanol–water partition coefficient (Wildman–Crippen LogP) is 2.77. The van der Waals surface area contributed by atoms with Crippen LogP contribution in [0.2, 0.25) is 0 Å². The molecule has 0 saturated heterocycles. The van der Waals surface area contributed by atoms with Gasteiger partial charge in [-0.05, 0) is 31.7 Å². The van der Waals surface area contributed by atoms with E-state index < -0.39 is 0 Å². The van der Waals surface area contributed by atoms with Crippen molar-refractivity contribution in [1.82, 2.24) is 10.3 Å². The highest BCUT2D eigenvalue weighted by atomic mass is 32.1. The van der Waals surface area contributed by atoms with Crippen molar-refractivity contribution < 1.29 is 4.74 Å². The molecule has 4 heteroatoms. The Bertz CT molecular complexity index is 496. The lowest BCUT2D eigenvalue weighted by atomic mass is 10.1. The molecule has 0 aliphatic rings. The van der Waals surface area contributed by atoms with Crippen molar-refractivity contribution in [2.24, 2.45) is 0 Å². The number of benzene rings is 1. The lowest BCUT2D eigenvalue weighted by molar-refractivity contribution is 0.414. The van der Waals surface area contributed by atoms with Gasteiger partial charge in [0.15, 0.2) is 0 Å². The smallest absolute Gasteiger partial charge is 0.119 e. The van der Waals surface area contributed by atoms with Crippen LogP contribution in [-0.4, -0.2) is 19.1 Å². The Morgan fingerprint density at radius 2 is 2.24 bits per heavy atom. The van der Waals surface area contributed by atoms with Gasteiger partial charge < -0.3 is 10.1 Å². The van der Waals surface area contributed by atoms with Crippen LogP contribution in [0, 0.1) is 6.92 Å². The van der Waals surface area contributed by atoms with E-state index >= 15 is 0 Å². The molecule has 17 heavy (non-hydrogen) atoms. The molecule has 0 radical (unpaired) electrons. The van der Waals surface area contributed by atoms with E-state index in [1.807, 2.05) is 32.3 Å². The second-order valence-corrected chi connectivity index (χ2v) is 5.05. The van der Waals surface area contributed by atoms with E-state index in [9.17, 15) is 0 Å². The maximum atomic E-state index is 5.25. The van der Waals surface area contributed by atoms with Gasteiger partial charge >= 0.3 is 0 Å². The molecule has 0 aliphatic carbocycles. The van der Waals surface area contributed by atoms with Crippen LogP contribution in [0.3, 0.4) is 0 Å². The van der Waals surface area contributed by atoms with Crippen LogP contribution in [0.1, 0.15) is 21.5 Å². The number of methoxy groups -OCH3 is 1. The Labute approximate surface area is 105 Å². The summed E-state index contributed by atoms with van der Waals surface area (Å²) in [6.07, 6.45) is 1.93. The molecular formula is C13H16N2OS. The minimum absolute atomic E-state index is 0.177. The Balaban J connectivity index is 2.34. The minimum atomic E-state index is 0.177. The largest absolute Gasteiger partial charge is 0.497 e. The molecule has 90 valence electrons. The number of ether oxygens (including phenoxy) is 1. The zero-order valence-electron chi connectivity index (χ0n) is 10.2. The first-order valence-electron chi connectivity index (χ1n) is 5.48. The Morgan fingerprint density at radius 1 is 1.41 bits per heavy atom. The fourth-order valence-electron chi connectivity index (χ4n) is 1.81. The Hall–Kier alpha value is -1.39. The fourth-order valence-corrected chi connectivity index (χ4v) is 2.73. The predicted molar refractivity (Wildman–Crippen MR) is 70.7 cm³/mol. The average Bonchev–Trinajstić information content (AvgIpc) is 2.77. The monoisotopic (exact) mass is 248 g/mol. The van der Waals surface area contributed by atoms with Crippen molar-refractivity contribution in [2.45, 2.75) is 13.0 Å². The maximum Gasteiger partial charge on any atom is 0.119 e. The van der Waals surface area contributed by atoms with Gasteiger partial charge in [0.25, 0.3) is 0 Å². The van der Waals surface area contributed by atoms with Crippen molar-refractivity contribution in [3.05, 3.63) is 45.9 Å². The molecule has 0 aliphatic heterocycles. The molecule has 0 amide bonds. The van der Waals surface area contributed by atoms with Gasteiger partial charge in [-0.25, -0.2) is 4.98 Å². The molecule has 1 N–H and O–H groups in total. The van der Waals surface area contributed by atoms with E-state index in [1.54, 1.807) is 18.4 Å². The van der Waals surface area contributed by atoms with Gasteiger partial charge in [0, 0.05) is 11.1 Å². The van der Waals surface area contributed by atoms with Crippen molar-refractivity contribution >= 4 is 11.3 Å². The molecule has 2 rings (SSSR count). The highest BCUT2D eigenvalue weighted by Crippen LogP contribution is 2.28. The van der Waals surface area contributed by atoms with Gasteiger partial charge in [0.1, 0.15) is 5.75 Å². The highest BCUT2D eigenvalue weighted by molar-refractivity contribution is 7.11. The van der Waals surface area contributed by atoms with Gasteiger partial charge in [-0.3, -0.25) is 0 Å². The molecule has 1 unspecified atom stereocenters. The van der Waals surface area contributed by atoms with Crippen LogP contribution in [0.4, 0.5) is 0 Å². The van der Waals surface area contributed by atoms with Gasteiger partial charge in [0.2, 0.25) is 0 Å². The van der Waals surface area contributed by atoms with Crippen LogP contribution >= 0.6 is 11.3 Å². The summed E-state index contributed by atoms with van der Waals surface area (Å²) in [4.78, 5) is 5.52. The lowest BCUT2D eigenvalue weighted by Gasteiger charge is -2.15. The Morgan fingerprint density at radius 3 is 2.82 bits per heavy atom. The highest BCUT2D eigenvalue weighted by Gasteiger charge is 2.14. The van der Waals surface area contributed by atoms with E-state index in [1.165, 1.54) is 10.4 Å². The molecule has 2 aromatic rings. The SMILES string of the molecule is CNC(c1cccc(OC)c1)c1cnc(C)s1. The third-order valence-corrected chi connectivity index (χ3v) is 3.62. The first-order valence-corrected chi connectivity index (χ1v) is 6.29. The summed E-state index contributed by atoms with van der Waals surface area (Å²) >= 11 is 1.71. The summed E-state index contributed by atoms with van der Waals surface area (Å²) in [6, 6.07) is 8.28. The molecule has 3 nitrogen and oxygen atoms in total. The third kappa shape index (κ3) is 2.65. The molecule has 0 bridgehead atoms. The zero-order valence-corrected chi connectivity index (χ0v) is 11.0. The summed E-state index contributed by atoms with van der Waals surface area (Å²) in [6.45, 7) is 2.02. The minimum Gasteiger partial charge on any atom is -0.497 e. The number of nitrogens with zero attached hydrogens (tertiary/aromatic N) is 1. The van der Waals surface area contributed by atoms with Gasteiger partial charge in [-0.1, -0.05) is 12.1 Å². The van der Waals surface area contributed by atoms with E-state index in [-0.39, 0.29) is 6.04 Å². The number of nitrogens with one attached hydrogen (secondary N) is 1. The first-order chi connectivity index (χ1) is 8.24. The third-order valence-electron chi connectivity index (χ3n) is 2.64. The summed E-state index contributed by atoms with van der Waals surface area (Å²) in [5.41, 5.74) is 1.19. The second-order valence-electron chi connectivity index (χ2n) is 3.78.